The summed E-state index contributed by atoms with van der Waals surface area (Å²) in [5.41, 5.74) is 2.31. The SMILES string of the molecule is COc1ccc2c(c1)CCCN2C(=O)C1CCNC(C)C1. The van der Waals surface area contributed by atoms with E-state index in [0.29, 0.717) is 11.9 Å². The van der Waals surface area contributed by atoms with Crippen molar-refractivity contribution < 1.29 is 9.53 Å². The van der Waals surface area contributed by atoms with Gasteiger partial charge in [0, 0.05) is 24.2 Å². The van der Waals surface area contributed by atoms with E-state index >= 15 is 0 Å². The first kappa shape index (κ1) is 14.4. The van der Waals surface area contributed by atoms with E-state index in [4.69, 9.17) is 4.74 Å². The molecular formula is C17H24N2O2. The Morgan fingerprint density at radius 2 is 2.29 bits per heavy atom. The Morgan fingerprint density at radius 1 is 1.43 bits per heavy atom. The zero-order valence-electron chi connectivity index (χ0n) is 12.9. The number of nitrogens with one attached hydrogen (secondary N) is 1. The average molecular weight is 288 g/mol. The van der Waals surface area contributed by atoms with E-state index in [-0.39, 0.29) is 5.92 Å². The van der Waals surface area contributed by atoms with Crippen LogP contribution in [-0.2, 0) is 11.2 Å². The fourth-order valence-corrected chi connectivity index (χ4v) is 3.51. The molecule has 4 heteroatoms. The lowest BCUT2D eigenvalue weighted by atomic mass is 9.90. The minimum atomic E-state index is 0.161. The fourth-order valence-electron chi connectivity index (χ4n) is 3.51. The normalized spacial score (nSPS) is 25.3. The molecule has 0 saturated carbocycles. The third-order valence-corrected chi connectivity index (χ3v) is 4.64. The zero-order valence-corrected chi connectivity index (χ0v) is 12.9. The monoisotopic (exact) mass is 288 g/mol. The van der Waals surface area contributed by atoms with Gasteiger partial charge in [0.25, 0.3) is 0 Å². The van der Waals surface area contributed by atoms with E-state index in [1.165, 1.54) is 5.56 Å². The predicted octanol–water partition coefficient (Wildman–Crippen LogP) is 2.36. The number of anilines is 1. The molecule has 114 valence electrons. The number of fused-ring (bicyclic) bond motifs is 1. The van der Waals surface area contributed by atoms with E-state index < -0.39 is 0 Å². The Labute approximate surface area is 126 Å². The highest BCUT2D eigenvalue weighted by Gasteiger charge is 2.31. The minimum absolute atomic E-state index is 0.161. The molecule has 2 unspecified atom stereocenters. The Kier molecular flexibility index (Phi) is 4.15. The van der Waals surface area contributed by atoms with Crippen LogP contribution in [0.4, 0.5) is 5.69 Å². The fraction of sp³-hybridized carbons (Fsp3) is 0.588. The second-order valence-electron chi connectivity index (χ2n) is 6.16. The number of ether oxygens (including phenoxy) is 1. The quantitative estimate of drug-likeness (QED) is 0.908. The summed E-state index contributed by atoms with van der Waals surface area (Å²) in [6, 6.07) is 6.50. The highest BCUT2D eigenvalue weighted by molar-refractivity contribution is 5.96. The third kappa shape index (κ3) is 2.91. The van der Waals surface area contributed by atoms with Gasteiger partial charge in [-0.3, -0.25) is 4.79 Å². The molecule has 4 nitrogen and oxygen atoms in total. The van der Waals surface area contributed by atoms with Crippen molar-refractivity contribution in [2.24, 2.45) is 5.92 Å². The number of piperidine rings is 1. The van der Waals surface area contributed by atoms with Gasteiger partial charge in [0.15, 0.2) is 0 Å². The Balaban J connectivity index is 1.82. The zero-order chi connectivity index (χ0) is 14.8. The molecule has 1 fully saturated rings. The maximum absolute atomic E-state index is 12.9. The van der Waals surface area contributed by atoms with Crippen molar-refractivity contribution >= 4 is 11.6 Å². The maximum Gasteiger partial charge on any atom is 0.230 e. The predicted molar refractivity (Wildman–Crippen MR) is 83.9 cm³/mol. The maximum atomic E-state index is 12.9. The van der Waals surface area contributed by atoms with Gasteiger partial charge in [-0.15, -0.1) is 0 Å². The van der Waals surface area contributed by atoms with Crippen LogP contribution in [0.5, 0.6) is 5.75 Å². The number of methoxy groups -OCH3 is 1. The summed E-state index contributed by atoms with van der Waals surface area (Å²) >= 11 is 0. The van der Waals surface area contributed by atoms with Crippen LogP contribution in [0.2, 0.25) is 0 Å². The van der Waals surface area contributed by atoms with Crippen LogP contribution in [0.3, 0.4) is 0 Å². The molecule has 0 spiro atoms. The smallest absolute Gasteiger partial charge is 0.230 e. The minimum Gasteiger partial charge on any atom is -0.497 e. The van der Waals surface area contributed by atoms with Gasteiger partial charge in [0.2, 0.25) is 5.91 Å². The summed E-state index contributed by atoms with van der Waals surface area (Å²) in [6.07, 6.45) is 3.96. The van der Waals surface area contributed by atoms with E-state index in [1.54, 1.807) is 7.11 Å². The van der Waals surface area contributed by atoms with Crippen molar-refractivity contribution in [2.75, 3.05) is 25.1 Å². The van der Waals surface area contributed by atoms with Gasteiger partial charge in [-0.05, 0) is 62.9 Å². The van der Waals surface area contributed by atoms with Gasteiger partial charge in [0.1, 0.15) is 5.75 Å². The summed E-state index contributed by atoms with van der Waals surface area (Å²) in [5.74, 6) is 1.34. The van der Waals surface area contributed by atoms with Crippen LogP contribution >= 0.6 is 0 Å². The number of amides is 1. The average Bonchev–Trinajstić information content (AvgIpc) is 2.53. The first-order valence-corrected chi connectivity index (χ1v) is 7.90. The Morgan fingerprint density at radius 3 is 3.05 bits per heavy atom. The van der Waals surface area contributed by atoms with Crippen molar-refractivity contribution in [1.82, 2.24) is 5.32 Å². The molecule has 2 aliphatic heterocycles. The lowest BCUT2D eigenvalue weighted by Crippen LogP contribution is -2.45. The van der Waals surface area contributed by atoms with Crippen LogP contribution in [0, 0.1) is 5.92 Å². The van der Waals surface area contributed by atoms with E-state index in [2.05, 4.69) is 18.3 Å². The largest absolute Gasteiger partial charge is 0.497 e. The summed E-state index contributed by atoms with van der Waals surface area (Å²) in [7, 11) is 1.68. The van der Waals surface area contributed by atoms with Crippen molar-refractivity contribution in [3.8, 4) is 5.75 Å². The molecule has 1 N–H and O–H groups in total. The van der Waals surface area contributed by atoms with Crippen LogP contribution in [0.1, 0.15) is 31.7 Å². The van der Waals surface area contributed by atoms with Crippen molar-refractivity contribution in [1.29, 1.82) is 0 Å². The second kappa shape index (κ2) is 6.06. The summed E-state index contributed by atoms with van der Waals surface area (Å²) in [5, 5.41) is 3.42. The first-order valence-electron chi connectivity index (χ1n) is 7.90. The molecule has 3 rings (SSSR count). The highest BCUT2D eigenvalue weighted by atomic mass is 16.5. The van der Waals surface area contributed by atoms with Crippen LogP contribution < -0.4 is 15.0 Å². The molecule has 0 radical (unpaired) electrons. The van der Waals surface area contributed by atoms with Crippen LogP contribution in [0.15, 0.2) is 18.2 Å². The highest BCUT2D eigenvalue weighted by Crippen LogP contribution is 2.32. The molecule has 21 heavy (non-hydrogen) atoms. The van der Waals surface area contributed by atoms with Gasteiger partial charge in [0.05, 0.1) is 7.11 Å². The summed E-state index contributed by atoms with van der Waals surface area (Å²) in [4.78, 5) is 14.9. The molecule has 0 bridgehead atoms. The number of hydrogen-bond donors (Lipinski definition) is 1. The van der Waals surface area contributed by atoms with Gasteiger partial charge in [-0.2, -0.15) is 0 Å². The van der Waals surface area contributed by atoms with Crippen molar-refractivity contribution in [3.63, 3.8) is 0 Å². The number of aryl methyl sites for hydroxylation is 1. The van der Waals surface area contributed by atoms with Crippen LogP contribution in [0.25, 0.3) is 0 Å². The van der Waals surface area contributed by atoms with Gasteiger partial charge in [-0.1, -0.05) is 0 Å². The lowest BCUT2D eigenvalue weighted by molar-refractivity contribution is -0.123. The molecular weight excluding hydrogens is 264 g/mol. The molecule has 2 atom stereocenters. The van der Waals surface area contributed by atoms with Crippen LogP contribution in [-0.4, -0.2) is 32.1 Å². The van der Waals surface area contributed by atoms with E-state index in [9.17, 15) is 4.79 Å². The number of hydrogen-bond acceptors (Lipinski definition) is 3. The third-order valence-electron chi connectivity index (χ3n) is 4.64. The molecule has 1 aromatic rings. The number of benzene rings is 1. The van der Waals surface area contributed by atoms with Crippen molar-refractivity contribution in [3.05, 3.63) is 23.8 Å². The van der Waals surface area contributed by atoms with E-state index in [1.807, 2.05) is 17.0 Å². The number of carbonyl (C=O) groups excluding carboxylic acids is 1. The molecule has 1 amide bonds. The topological polar surface area (TPSA) is 41.6 Å². The summed E-state index contributed by atoms with van der Waals surface area (Å²) in [6.45, 7) is 3.95. The number of nitrogens with zero attached hydrogens (tertiary/aromatic N) is 1. The molecule has 0 aliphatic carbocycles. The molecule has 0 aromatic heterocycles. The molecule has 2 aliphatic rings. The van der Waals surface area contributed by atoms with Gasteiger partial charge in [-0.25, -0.2) is 0 Å². The van der Waals surface area contributed by atoms with Crippen molar-refractivity contribution in [2.45, 2.75) is 38.6 Å². The number of rotatable bonds is 2. The summed E-state index contributed by atoms with van der Waals surface area (Å²) < 4.78 is 5.29. The van der Waals surface area contributed by atoms with Gasteiger partial charge >= 0.3 is 0 Å². The Hall–Kier alpha value is -1.55. The first-order chi connectivity index (χ1) is 10.2. The molecule has 1 saturated heterocycles. The molecule has 2 heterocycles. The van der Waals surface area contributed by atoms with E-state index in [0.717, 1.165) is 50.2 Å². The van der Waals surface area contributed by atoms with Gasteiger partial charge < -0.3 is 15.0 Å². The number of carbonyl (C=O) groups is 1. The second-order valence-corrected chi connectivity index (χ2v) is 6.16. The molecule has 1 aromatic carbocycles. The Bertz CT molecular complexity index is 530. The standard InChI is InChI=1S/C17H24N2O2/c1-12-10-14(7-8-18-12)17(20)19-9-3-4-13-11-15(21-2)5-6-16(13)19/h5-6,11-12,14,18H,3-4,7-10H2,1-2H3. The lowest BCUT2D eigenvalue weighted by Gasteiger charge is -2.35.